The average molecular weight is 512 g/mol. The summed E-state index contributed by atoms with van der Waals surface area (Å²) in [7, 11) is 0. The number of nitrogens with one attached hydrogen (secondary N) is 1. The van der Waals surface area contributed by atoms with E-state index < -0.39 is 12.2 Å². The molecule has 5 rings (SSSR count). The Labute approximate surface area is 223 Å². The normalized spacial score (nSPS) is 19.4. The molecule has 0 radical (unpaired) electrons. The first-order valence-corrected chi connectivity index (χ1v) is 13.1. The zero-order valence-corrected chi connectivity index (χ0v) is 21.6. The summed E-state index contributed by atoms with van der Waals surface area (Å²) in [6, 6.07) is 28.0. The SMILES string of the molecule is CCCN(C(=O)NCc1ccccc1)N1CC(=O)N2[C@@H](c3ccccc3)C(=O)N(Cc3ccccc3)C[C@@H]21. The fraction of sp³-hybridized carbons (Fsp3) is 0.300. The molecule has 2 atom stereocenters. The zero-order chi connectivity index (χ0) is 26.5. The van der Waals surface area contributed by atoms with Crippen LogP contribution in [-0.2, 0) is 22.7 Å². The molecule has 0 unspecified atom stereocenters. The largest absolute Gasteiger partial charge is 0.333 e. The lowest BCUT2D eigenvalue weighted by Crippen LogP contribution is -2.62. The van der Waals surface area contributed by atoms with Gasteiger partial charge in [-0.25, -0.2) is 4.79 Å². The molecule has 2 fully saturated rings. The molecule has 2 saturated heterocycles. The number of rotatable bonds is 8. The van der Waals surface area contributed by atoms with E-state index in [4.69, 9.17) is 0 Å². The highest BCUT2D eigenvalue weighted by Crippen LogP contribution is 2.36. The summed E-state index contributed by atoms with van der Waals surface area (Å²) in [6.45, 7) is 3.64. The van der Waals surface area contributed by atoms with Gasteiger partial charge in [-0.3, -0.25) is 14.6 Å². The van der Waals surface area contributed by atoms with Crippen LogP contribution in [0.3, 0.4) is 0 Å². The van der Waals surface area contributed by atoms with Gasteiger partial charge in [-0.2, -0.15) is 5.01 Å². The van der Waals surface area contributed by atoms with Crippen molar-refractivity contribution >= 4 is 17.8 Å². The van der Waals surface area contributed by atoms with Gasteiger partial charge in [0.25, 0.3) is 5.91 Å². The number of nitrogens with zero attached hydrogens (tertiary/aromatic N) is 4. The lowest BCUT2D eigenvalue weighted by Gasteiger charge is -2.46. The van der Waals surface area contributed by atoms with Crippen LogP contribution in [0.1, 0.15) is 36.1 Å². The fourth-order valence-electron chi connectivity index (χ4n) is 5.27. The molecule has 0 spiro atoms. The highest BCUT2D eigenvalue weighted by Gasteiger charge is 2.52. The lowest BCUT2D eigenvalue weighted by molar-refractivity contribution is -0.158. The number of hydrogen-bond donors (Lipinski definition) is 1. The van der Waals surface area contributed by atoms with E-state index in [0.717, 1.165) is 23.1 Å². The van der Waals surface area contributed by atoms with E-state index in [9.17, 15) is 14.4 Å². The molecule has 2 heterocycles. The monoisotopic (exact) mass is 511 g/mol. The molecule has 1 N–H and O–H groups in total. The molecular formula is C30H33N5O3. The summed E-state index contributed by atoms with van der Waals surface area (Å²) in [4.78, 5) is 44.2. The van der Waals surface area contributed by atoms with E-state index in [1.807, 2.05) is 108 Å². The quantitative estimate of drug-likeness (QED) is 0.500. The van der Waals surface area contributed by atoms with Crippen LogP contribution < -0.4 is 5.32 Å². The first-order chi connectivity index (χ1) is 18.6. The minimum Gasteiger partial charge on any atom is -0.333 e. The second-order valence-corrected chi connectivity index (χ2v) is 9.66. The van der Waals surface area contributed by atoms with Gasteiger partial charge in [0.2, 0.25) is 5.91 Å². The molecule has 8 nitrogen and oxygen atoms in total. The van der Waals surface area contributed by atoms with Crippen LogP contribution in [0.15, 0.2) is 91.0 Å². The van der Waals surface area contributed by atoms with Crippen molar-refractivity contribution in [2.24, 2.45) is 0 Å². The van der Waals surface area contributed by atoms with Crippen LogP contribution in [0.5, 0.6) is 0 Å². The number of fused-ring (bicyclic) bond motifs is 1. The third-order valence-electron chi connectivity index (χ3n) is 7.06. The van der Waals surface area contributed by atoms with Crippen LogP contribution in [0, 0.1) is 0 Å². The summed E-state index contributed by atoms with van der Waals surface area (Å²) in [5, 5.41) is 6.49. The maximum Gasteiger partial charge on any atom is 0.332 e. The Kier molecular flexibility index (Phi) is 7.70. The Morgan fingerprint density at radius 1 is 0.895 bits per heavy atom. The van der Waals surface area contributed by atoms with Gasteiger partial charge in [0.1, 0.15) is 12.2 Å². The highest BCUT2D eigenvalue weighted by molar-refractivity contribution is 5.92. The Bertz CT molecular complexity index is 1250. The molecule has 8 heteroatoms. The molecule has 196 valence electrons. The molecule has 0 aliphatic carbocycles. The first kappa shape index (κ1) is 25.5. The van der Waals surface area contributed by atoms with Crippen molar-refractivity contribution < 1.29 is 14.4 Å². The predicted molar refractivity (Wildman–Crippen MR) is 144 cm³/mol. The minimum atomic E-state index is -0.744. The van der Waals surface area contributed by atoms with Crippen molar-refractivity contribution in [2.45, 2.75) is 38.6 Å². The van der Waals surface area contributed by atoms with Gasteiger partial charge >= 0.3 is 6.03 Å². The van der Waals surface area contributed by atoms with Crippen molar-refractivity contribution in [1.29, 1.82) is 0 Å². The number of carbonyl (C=O) groups excluding carboxylic acids is 3. The molecule has 0 bridgehead atoms. The lowest BCUT2D eigenvalue weighted by atomic mass is 10.00. The van der Waals surface area contributed by atoms with Gasteiger partial charge in [-0.1, -0.05) is 97.9 Å². The average Bonchev–Trinajstić information content (AvgIpc) is 3.27. The second kappa shape index (κ2) is 11.5. The van der Waals surface area contributed by atoms with Crippen molar-refractivity contribution in [3.63, 3.8) is 0 Å². The molecule has 2 aliphatic heterocycles. The molecular weight excluding hydrogens is 478 g/mol. The summed E-state index contributed by atoms with van der Waals surface area (Å²) < 4.78 is 0. The summed E-state index contributed by atoms with van der Waals surface area (Å²) >= 11 is 0. The van der Waals surface area contributed by atoms with E-state index in [0.29, 0.717) is 26.2 Å². The summed E-state index contributed by atoms with van der Waals surface area (Å²) in [6.07, 6.45) is 0.272. The number of benzene rings is 3. The molecule has 0 saturated carbocycles. The van der Waals surface area contributed by atoms with E-state index in [1.165, 1.54) is 0 Å². The smallest absolute Gasteiger partial charge is 0.332 e. The third-order valence-corrected chi connectivity index (χ3v) is 7.06. The van der Waals surface area contributed by atoms with Gasteiger partial charge in [0.15, 0.2) is 0 Å². The number of amides is 4. The maximum atomic E-state index is 13.8. The van der Waals surface area contributed by atoms with E-state index >= 15 is 0 Å². The van der Waals surface area contributed by atoms with Gasteiger partial charge in [0, 0.05) is 19.6 Å². The van der Waals surface area contributed by atoms with Crippen molar-refractivity contribution in [3.8, 4) is 0 Å². The van der Waals surface area contributed by atoms with Crippen molar-refractivity contribution in [1.82, 2.24) is 25.1 Å². The van der Waals surface area contributed by atoms with Gasteiger partial charge in [-0.05, 0) is 23.1 Å². The zero-order valence-electron chi connectivity index (χ0n) is 21.6. The molecule has 4 amide bonds. The van der Waals surface area contributed by atoms with E-state index in [1.54, 1.807) is 9.91 Å². The van der Waals surface area contributed by atoms with Crippen molar-refractivity contribution in [3.05, 3.63) is 108 Å². The first-order valence-electron chi connectivity index (χ1n) is 13.1. The Balaban J connectivity index is 1.44. The topological polar surface area (TPSA) is 76.2 Å². The number of hydrogen-bond acceptors (Lipinski definition) is 4. The molecule has 3 aromatic carbocycles. The fourth-order valence-corrected chi connectivity index (χ4v) is 5.27. The van der Waals surface area contributed by atoms with Gasteiger partial charge in [-0.15, -0.1) is 0 Å². The Morgan fingerprint density at radius 2 is 1.50 bits per heavy atom. The van der Waals surface area contributed by atoms with Crippen LogP contribution in [-0.4, -0.2) is 63.5 Å². The Hall–Kier alpha value is -4.17. The molecule has 2 aliphatic rings. The van der Waals surface area contributed by atoms with Crippen LogP contribution in [0.4, 0.5) is 4.79 Å². The van der Waals surface area contributed by atoms with Gasteiger partial charge in [0.05, 0.1) is 13.1 Å². The Morgan fingerprint density at radius 3 is 2.13 bits per heavy atom. The third kappa shape index (κ3) is 5.26. The number of piperazine rings is 1. The predicted octanol–water partition coefficient (Wildman–Crippen LogP) is 3.78. The standard InChI is InChI=1S/C30H33N5O3/c1-2-18-33(30(38)31-19-23-12-6-3-7-13-23)34-22-27(36)35-26(34)21-32(20-24-14-8-4-9-15-24)29(37)28(35)25-16-10-5-11-17-25/h3-17,26,28H,2,18-22H2,1H3,(H,31,38)/t26-,28+/m1/s1. The number of hydrazine groups is 1. The van der Waals surface area contributed by atoms with E-state index in [2.05, 4.69) is 5.32 Å². The van der Waals surface area contributed by atoms with Gasteiger partial charge < -0.3 is 15.1 Å². The maximum absolute atomic E-state index is 13.8. The highest BCUT2D eigenvalue weighted by atomic mass is 16.2. The number of carbonyl (C=O) groups is 3. The molecule has 3 aromatic rings. The van der Waals surface area contributed by atoms with Crippen molar-refractivity contribution in [2.75, 3.05) is 19.6 Å². The van der Waals surface area contributed by atoms with E-state index in [-0.39, 0.29) is 24.4 Å². The second-order valence-electron chi connectivity index (χ2n) is 9.66. The molecule has 38 heavy (non-hydrogen) atoms. The van der Waals surface area contributed by atoms with Crippen LogP contribution >= 0.6 is 0 Å². The summed E-state index contributed by atoms with van der Waals surface area (Å²) in [5.74, 6) is -0.268. The number of urea groups is 1. The van der Waals surface area contributed by atoms with Crippen LogP contribution in [0.2, 0.25) is 0 Å². The molecule has 0 aromatic heterocycles. The summed E-state index contributed by atoms with van der Waals surface area (Å²) in [5.41, 5.74) is 2.78. The van der Waals surface area contributed by atoms with Crippen LogP contribution in [0.25, 0.3) is 0 Å². The minimum absolute atomic E-state index is 0.0409.